The molecule has 3 rings (SSSR count). The Balaban J connectivity index is 2.03. The minimum Gasteiger partial charge on any atom is -0.421 e. The molecule has 2 heterocycles. The minimum atomic E-state index is -3.80. The van der Waals surface area contributed by atoms with Gasteiger partial charge in [0, 0.05) is 24.4 Å². The van der Waals surface area contributed by atoms with Gasteiger partial charge in [-0.25, -0.2) is 13.1 Å². The quantitative estimate of drug-likeness (QED) is 0.728. The van der Waals surface area contributed by atoms with Gasteiger partial charge in [0.1, 0.15) is 4.90 Å². The predicted octanol–water partition coefficient (Wildman–Crippen LogP) is 3.03. The number of hydrogen-bond acceptors (Lipinski definition) is 5. The first-order valence-corrected chi connectivity index (χ1v) is 9.35. The Bertz CT molecular complexity index is 990. The van der Waals surface area contributed by atoms with Gasteiger partial charge in [0.25, 0.3) is 5.89 Å². The summed E-state index contributed by atoms with van der Waals surface area (Å²) in [5.74, 6) is 0.564. The van der Waals surface area contributed by atoms with Crippen LogP contribution in [0.5, 0.6) is 0 Å². The van der Waals surface area contributed by atoms with E-state index in [1.807, 2.05) is 30.3 Å². The van der Waals surface area contributed by atoms with E-state index in [9.17, 15) is 8.42 Å². The molecule has 0 bridgehead atoms. The highest BCUT2D eigenvalue weighted by molar-refractivity contribution is 7.89. The summed E-state index contributed by atoms with van der Waals surface area (Å²) in [6.07, 6.45) is 0. The topological polar surface area (TPSA) is 101 Å². The van der Waals surface area contributed by atoms with Crippen LogP contribution in [0.4, 0.5) is 0 Å². The molecule has 7 nitrogen and oxygen atoms in total. The van der Waals surface area contributed by atoms with Crippen LogP contribution in [-0.4, -0.2) is 23.6 Å². The lowest BCUT2D eigenvalue weighted by Crippen LogP contribution is -2.27. The number of H-pyrrole nitrogens is 1. The van der Waals surface area contributed by atoms with Crippen LogP contribution >= 0.6 is 0 Å². The van der Waals surface area contributed by atoms with Crippen LogP contribution in [0.1, 0.15) is 35.8 Å². The van der Waals surface area contributed by atoms with Gasteiger partial charge < -0.3 is 9.40 Å². The molecule has 132 valence electrons. The smallest absolute Gasteiger partial charge is 0.250 e. The van der Waals surface area contributed by atoms with Gasteiger partial charge >= 0.3 is 0 Å². The van der Waals surface area contributed by atoms with Crippen molar-refractivity contribution in [3.05, 3.63) is 53.2 Å². The fourth-order valence-corrected chi connectivity index (χ4v) is 4.53. The van der Waals surface area contributed by atoms with Gasteiger partial charge in [-0.2, -0.15) is 0 Å². The van der Waals surface area contributed by atoms with E-state index in [1.165, 1.54) is 0 Å². The number of aryl methyl sites for hydroxylation is 3. The number of hydrogen-bond donors (Lipinski definition) is 2. The highest BCUT2D eigenvalue weighted by atomic mass is 32.2. The largest absolute Gasteiger partial charge is 0.421 e. The van der Waals surface area contributed by atoms with Crippen molar-refractivity contribution < 1.29 is 12.8 Å². The lowest BCUT2D eigenvalue weighted by atomic mass is 10.1. The van der Waals surface area contributed by atoms with E-state index in [0.717, 1.165) is 5.56 Å². The molecule has 2 N–H and O–H groups in total. The Morgan fingerprint density at radius 2 is 1.76 bits per heavy atom. The van der Waals surface area contributed by atoms with Crippen molar-refractivity contribution in [1.29, 1.82) is 0 Å². The molecule has 0 aliphatic carbocycles. The maximum Gasteiger partial charge on any atom is 0.250 e. The Hall–Kier alpha value is -2.45. The van der Waals surface area contributed by atoms with E-state index < -0.39 is 10.0 Å². The predicted molar refractivity (Wildman–Crippen MR) is 93.5 cm³/mol. The van der Waals surface area contributed by atoms with Crippen molar-refractivity contribution in [2.45, 2.75) is 38.6 Å². The Kier molecular flexibility index (Phi) is 4.49. The lowest BCUT2D eigenvalue weighted by molar-refractivity contribution is 0.530. The summed E-state index contributed by atoms with van der Waals surface area (Å²) in [5, 5.41) is 7.77. The maximum atomic E-state index is 13.0. The van der Waals surface area contributed by atoms with Crippen LogP contribution in [0, 0.1) is 20.8 Å². The summed E-state index contributed by atoms with van der Waals surface area (Å²) >= 11 is 0. The number of aromatic amines is 1. The zero-order chi connectivity index (χ0) is 18.2. The van der Waals surface area contributed by atoms with Gasteiger partial charge in [-0.3, -0.25) is 0 Å². The summed E-state index contributed by atoms with van der Waals surface area (Å²) in [7, 11) is -3.80. The SMILES string of the molecule is Cc1nnc(-c2c(C)[nH]c(C)c2S(=O)(=O)N[C@H](C)c2ccccc2)o1. The lowest BCUT2D eigenvalue weighted by Gasteiger charge is -2.15. The summed E-state index contributed by atoms with van der Waals surface area (Å²) in [6, 6.07) is 9.02. The third-order valence-electron chi connectivity index (χ3n) is 3.96. The van der Waals surface area contributed by atoms with Gasteiger partial charge in [-0.1, -0.05) is 30.3 Å². The molecule has 1 atom stereocenters. The van der Waals surface area contributed by atoms with Crippen molar-refractivity contribution in [3.8, 4) is 11.5 Å². The first-order valence-electron chi connectivity index (χ1n) is 7.86. The van der Waals surface area contributed by atoms with E-state index in [2.05, 4.69) is 19.9 Å². The van der Waals surface area contributed by atoms with Crippen molar-refractivity contribution in [1.82, 2.24) is 19.9 Å². The van der Waals surface area contributed by atoms with Crippen LogP contribution in [-0.2, 0) is 10.0 Å². The molecule has 3 aromatic rings. The van der Waals surface area contributed by atoms with Crippen LogP contribution in [0.3, 0.4) is 0 Å². The van der Waals surface area contributed by atoms with E-state index in [-0.39, 0.29) is 16.8 Å². The van der Waals surface area contributed by atoms with E-state index >= 15 is 0 Å². The first kappa shape index (κ1) is 17.4. The fraction of sp³-hybridized carbons (Fsp3) is 0.294. The molecule has 0 unspecified atom stereocenters. The minimum absolute atomic E-state index is 0.136. The molecule has 8 heteroatoms. The maximum absolute atomic E-state index is 13.0. The van der Waals surface area contributed by atoms with Crippen molar-refractivity contribution in [3.63, 3.8) is 0 Å². The second-order valence-electron chi connectivity index (χ2n) is 5.96. The second-order valence-corrected chi connectivity index (χ2v) is 7.61. The number of nitrogens with one attached hydrogen (secondary N) is 2. The summed E-state index contributed by atoms with van der Waals surface area (Å²) in [4.78, 5) is 3.19. The highest BCUT2D eigenvalue weighted by Crippen LogP contribution is 2.33. The fourth-order valence-electron chi connectivity index (χ4n) is 2.85. The summed E-state index contributed by atoms with van der Waals surface area (Å²) in [5.41, 5.74) is 2.47. The van der Waals surface area contributed by atoms with Crippen LogP contribution < -0.4 is 4.72 Å². The zero-order valence-electron chi connectivity index (χ0n) is 14.5. The van der Waals surface area contributed by atoms with E-state index in [0.29, 0.717) is 22.8 Å². The van der Waals surface area contributed by atoms with Gasteiger partial charge in [-0.15, -0.1) is 10.2 Å². The molecule has 0 saturated carbocycles. The summed E-state index contributed by atoms with van der Waals surface area (Å²) in [6.45, 7) is 6.95. The van der Waals surface area contributed by atoms with Gasteiger partial charge in [0.05, 0.1) is 5.56 Å². The molecular weight excluding hydrogens is 340 g/mol. The third kappa shape index (κ3) is 3.35. The third-order valence-corrected chi connectivity index (χ3v) is 5.67. The van der Waals surface area contributed by atoms with Gasteiger partial charge in [0.2, 0.25) is 15.9 Å². The van der Waals surface area contributed by atoms with Crippen LogP contribution in [0.15, 0.2) is 39.6 Å². The van der Waals surface area contributed by atoms with Gasteiger partial charge in [-0.05, 0) is 26.3 Å². The molecule has 0 aliphatic heterocycles. The zero-order valence-corrected chi connectivity index (χ0v) is 15.3. The summed E-state index contributed by atoms with van der Waals surface area (Å²) < 4.78 is 34.2. The number of benzene rings is 1. The molecule has 0 aliphatic rings. The standard InChI is InChI=1S/C17H20N4O3S/c1-10(14-8-6-5-7-9-14)21-25(22,23)16-12(3)18-11(2)15(16)17-20-19-13(4)24-17/h5-10,18,21H,1-4H3/t10-/m1/s1. The molecule has 0 amide bonds. The van der Waals surface area contributed by atoms with Crippen LogP contribution in [0.2, 0.25) is 0 Å². The first-order chi connectivity index (χ1) is 11.8. The van der Waals surface area contributed by atoms with E-state index in [4.69, 9.17) is 4.42 Å². The number of nitrogens with zero attached hydrogens (tertiary/aromatic N) is 2. The highest BCUT2D eigenvalue weighted by Gasteiger charge is 2.30. The van der Waals surface area contributed by atoms with E-state index in [1.54, 1.807) is 27.7 Å². The molecular formula is C17H20N4O3S. The normalized spacial score (nSPS) is 13.1. The molecule has 0 spiro atoms. The Morgan fingerprint density at radius 1 is 1.08 bits per heavy atom. The van der Waals surface area contributed by atoms with Gasteiger partial charge in [0.15, 0.2) is 0 Å². The van der Waals surface area contributed by atoms with Crippen molar-refractivity contribution >= 4 is 10.0 Å². The molecule has 2 aromatic heterocycles. The van der Waals surface area contributed by atoms with Crippen molar-refractivity contribution in [2.24, 2.45) is 0 Å². The molecule has 1 aromatic carbocycles. The average molecular weight is 360 g/mol. The average Bonchev–Trinajstić information content (AvgIpc) is 3.10. The molecule has 0 radical (unpaired) electrons. The Morgan fingerprint density at radius 3 is 2.36 bits per heavy atom. The molecule has 25 heavy (non-hydrogen) atoms. The molecule has 0 fully saturated rings. The molecule has 0 saturated heterocycles. The monoisotopic (exact) mass is 360 g/mol. The second kappa shape index (κ2) is 6.45. The number of sulfonamides is 1. The number of aromatic nitrogens is 3. The number of rotatable bonds is 5. The van der Waals surface area contributed by atoms with Crippen LogP contribution in [0.25, 0.3) is 11.5 Å². The van der Waals surface area contributed by atoms with Crippen molar-refractivity contribution in [2.75, 3.05) is 0 Å². The Labute approximate surface area is 146 Å².